The maximum Gasteiger partial charge on any atom is 0.129 e. The molecule has 6 heteroatoms. The monoisotopic (exact) mass is 292 g/mol. The van der Waals surface area contributed by atoms with Crippen LogP contribution in [0.2, 0.25) is 0 Å². The van der Waals surface area contributed by atoms with Gasteiger partial charge in [0, 0.05) is 6.07 Å². The van der Waals surface area contributed by atoms with E-state index in [2.05, 4.69) is 15.6 Å². The number of nitrogens with two attached hydrogens (primary N) is 1. The van der Waals surface area contributed by atoms with Crippen molar-refractivity contribution in [2.45, 2.75) is 32.7 Å². The summed E-state index contributed by atoms with van der Waals surface area (Å²) in [6, 6.07) is 5.12. The second kappa shape index (κ2) is 6.69. The Kier molecular flexibility index (Phi) is 4.93. The van der Waals surface area contributed by atoms with E-state index in [-0.39, 0.29) is 6.04 Å². The van der Waals surface area contributed by atoms with E-state index in [9.17, 15) is 8.78 Å². The number of aryl methyl sites for hydroxylation is 2. The molecule has 2 rings (SSSR count). The standard InChI is InChI=1S/C15H18F2N4/c1-3-14-12(6-9(2)20-21-14)15(19-18)7-10-4-5-11(16)8-13(10)17/h4-6,8,15,19H,3,7,18H2,1-2H3. The number of aromatic nitrogens is 2. The first-order valence-electron chi connectivity index (χ1n) is 6.78. The molecule has 112 valence electrons. The summed E-state index contributed by atoms with van der Waals surface area (Å²) in [7, 11) is 0. The number of hydrogen-bond acceptors (Lipinski definition) is 4. The molecule has 4 nitrogen and oxygen atoms in total. The van der Waals surface area contributed by atoms with Gasteiger partial charge in [0.1, 0.15) is 11.6 Å². The highest BCUT2D eigenvalue weighted by atomic mass is 19.1. The lowest BCUT2D eigenvalue weighted by Gasteiger charge is -2.19. The zero-order valence-electron chi connectivity index (χ0n) is 12.0. The van der Waals surface area contributed by atoms with Crippen LogP contribution < -0.4 is 11.3 Å². The van der Waals surface area contributed by atoms with Crippen LogP contribution in [0.15, 0.2) is 24.3 Å². The zero-order chi connectivity index (χ0) is 15.4. The molecule has 0 spiro atoms. The average Bonchev–Trinajstić information content (AvgIpc) is 2.46. The van der Waals surface area contributed by atoms with Crippen LogP contribution in [0.3, 0.4) is 0 Å². The molecule has 0 fully saturated rings. The fourth-order valence-corrected chi connectivity index (χ4v) is 2.28. The summed E-state index contributed by atoms with van der Waals surface area (Å²) in [5.41, 5.74) is 5.54. The number of nitrogens with one attached hydrogen (secondary N) is 1. The quantitative estimate of drug-likeness (QED) is 0.656. The smallest absolute Gasteiger partial charge is 0.129 e. The van der Waals surface area contributed by atoms with Crippen LogP contribution in [-0.2, 0) is 12.8 Å². The number of nitrogens with zero attached hydrogens (tertiary/aromatic N) is 2. The molecule has 1 aromatic carbocycles. The van der Waals surface area contributed by atoms with Gasteiger partial charge in [0.05, 0.1) is 17.4 Å². The summed E-state index contributed by atoms with van der Waals surface area (Å²) in [5, 5.41) is 8.17. The lowest BCUT2D eigenvalue weighted by molar-refractivity contribution is 0.516. The zero-order valence-corrected chi connectivity index (χ0v) is 12.0. The van der Waals surface area contributed by atoms with E-state index in [0.29, 0.717) is 18.4 Å². The van der Waals surface area contributed by atoms with Crippen LogP contribution in [-0.4, -0.2) is 10.2 Å². The Balaban J connectivity index is 2.34. The predicted octanol–water partition coefficient (Wildman–Crippen LogP) is 2.37. The molecule has 21 heavy (non-hydrogen) atoms. The lowest BCUT2D eigenvalue weighted by Crippen LogP contribution is -2.31. The number of hydrogen-bond donors (Lipinski definition) is 2. The number of rotatable bonds is 5. The lowest BCUT2D eigenvalue weighted by atomic mass is 9.97. The fourth-order valence-electron chi connectivity index (χ4n) is 2.28. The number of benzene rings is 1. The highest BCUT2D eigenvalue weighted by Crippen LogP contribution is 2.23. The summed E-state index contributed by atoms with van der Waals surface area (Å²) < 4.78 is 26.8. The van der Waals surface area contributed by atoms with E-state index in [1.807, 2.05) is 19.9 Å². The van der Waals surface area contributed by atoms with Crippen molar-refractivity contribution in [2.75, 3.05) is 0 Å². The van der Waals surface area contributed by atoms with Crippen molar-refractivity contribution in [1.29, 1.82) is 0 Å². The molecule has 1 aromatic heterocycles. The summed E-state index contributed by atoms with van der Waals surface area (Å²) in [4.78, 5) is 0. The van der Waals surface area contributed by atoms with Crippen molar-refractivity contribution in [3.63, 3.8) is 0 Å². The summed E-state index contributed by atoms with van der Waals surface area (Å²) in [6.45, 7) is 3.80. The maximum absolute atomic E-state index is 13.8. The van der Waals surface area contributed by atoms with Gasteiger partial charge in [-0.25, -0.2) is 8.78 Å². The third-order valence-electron chi connectivity index (χ3n) is 3.38. The van der Waals surface area contributed by atoms with Gasteiger partial charge < -0.3 is 0 Å². The molecule has 0 saturated carbocycles. The van der Waals surface area contributed by atoms with Crippen LogP contribution in [0.25, 0.3) is 0 Å². The molecule has 1 heterocycles. The highest BCUT2D eigenvalue weighted by Gasteiger charge is 2.18. The largest absolute Gasteiger partial charge is 0.271 e. The van der Waals surface area contributed by atoms with Crippen LogP contribution in [0.4, 0.5) is 8.78 Å². The van der Waals surface area contributed by atoms with Gasteiger partial charge >= 0.3 is 0 Å². The van der Waals surface area contributed by atoms with E-state index in [1.165, 1.54) is 12.1 Å². The number of halogens is 2. The Morgan fingerprint density at radius 2 is 2.00 bits per heavy atom. The highest BCUT2D eigenvalue weighted by molar-refractivity contribution is 5.28. The normalized spacial score (nSPS) is 12.4. The van der Waals surface area contributed by atoms with Crippen molar-refractivity contribution in [1.82, 2.24) is 15.6 Å². The average molecular weight is 292 g/mol. The van der Waals surface area contributed by atoms with E-state index in [0.717, 1.165) is 23.0 Å². The van der Waals surface area contributed by atoms with Gasteiger partial charge in [-0.05, 0) is 43.0 Å². The molecule has 0 aliphatic heterocycles. The minimum Gasteiger partial charge on any atom is -0.271 e. The Hall–Kier alpha value is -1.92. The molecular weight excluding hydrogens is 274 g/mol. The van der Waals surface area contributed by atoms with Gasteiger partial charge in [-0.2, -0.15) is 10.2 Å². The Morgan fingerprint density at radius 3 is 2.62 bits per heavy atom. The first-order valence-corrected chi connectivity index (χ1v) is 6.78. The topological polar surface area (TPSA) is 63.8 Å². The van der Waals surface area contributed by atoms with Crippen molar-refractivity contribution in [2.24, 2.45) is 5.84 Å². The second-order valence-electron chi connectivity index (χ2n) is 4.90. The molecular formula is C15H18F2N4. The fraction of sp³-hybridized carbons (Fsp3) is 0.333. The van der Waals surface area contributed by atoms with Gasteiger partial charge in [-0.1, -0.05) is 13.0 Å². The molecule has 2 aromatic rings. The minimum absolute atomic E-state index is 0.306. The van der Waals surface area contributed by atoms with E-state index < -0.39 is 11.6 Å². The van der Waals surface area contributed by atoms with Crippen molar-refractivity contribution < 1.29 is 8.78 Å². The summed E-state index contributed by atoms with van der Waals surface area (Å²) in [6.07, 6.45) is 1.01. The third-order valence-corrected chi connectivity index (χ3v) is 3.38. The first-order chi connectivity index (χ1) is 10.0. The van der Waals surface area contributed by atoms with Gasteiger partial charge in [-0.3, -0.25) is 11.3 Å². The Morgan fingerprint density at radius 1 is 1.24 bits per heavy atom. The maximum atomic E-state index is 13.8. The second-order valence-corrected chi connectivity index (χ2v) is 4.90. The van der Waals surface area contributed by atoms with Crippen LogP contribution in [0.1, 0.15) is 35.5 Å². The molecule has 0 bridgehead atoms. The molecule has 3 N–H and O–H groups in total. The molecule has 0 saturated heterocycles. The molecule has 0 radical (unpaired) electrons. The molecule has 1 unspecified atom stereocenters. The van der Waals surface area contributed by atoms with Crippen molar-refractivity contribution >= 4 is 0 Å². The Bertz CT molecular complexity index is 631. The third kappa shape index (κ3) is 3.59. The first kappa shape index (κ1) is 15.5. The van der Waals surface area contributed by atoms with E-state index in [1.54, 1.807) is 0 Å². The molecule has 0 amide bonds. The van der Waals surface area contributed by atoms with Crippen LogP contribution in [0.5, 0.6) is 0 Å². The van der Waals surface area contributed by atoms with Gasteiger partial charge in [-0.15, -0.1) is 0 Å². The Labute approximate surface area is 122 Å². The number of hydrazine groups is 1. The predicted molar refractivity (Wildman–Crippen MR) is 76.3 cm³/mol. The van der Waals surface area contributed by atoms with Crippen molar-refractivity contribution in [3.8, 4) is 0 Å². The molecule has 0 aliphatic rings. The minimum atomic E-state index is -0.593. The van der Waals surface area contributed by atoms with Crippen LogP contribution in [0, 0.1) is 18.6 Å². The van der Waals surface area contributed by atoms with Gasteiger partial charge in [0.25, 0.3) is 0 Å². The van der Waals surface area contributed by atoms with E-state index >= 15 is 0 Å². The van der Waals surface area contributed by atoms with Gasteiger partial charge in [0.15, 0.2) is 0 Å². The summed E-state index contributed by atoms with van der Waals surface area (Å²) in [5.74, 6) is 4.44. The van der Waals surface area contributed by atoms with Gasteiger partial charge in [0.2, 0.25) is 0 Å². The van der Waals surface area contributed by atoms with Crippen molar-refractivity contribution in [3.05, 3.63) is 58.4 Å². The van der Waals surface area contributed by atoms with E-state index in [4.69, 9.17) is 5.84 Å². The molecule has 0 aliphatic carbocycles. The molecule has 1 atom stereocenters. The SMILES string of the molecule is CCc1nnc(C)cc1C(Cc1ccc(F)cc1F)NN. The van der Waals surface area contributed by atoms with Crippen LogP contribution >= 0.6 is 0 Å². The summed E-state index contributed by atoms with van der Waals surface area (Å²) >= 11 is 0.